The lowest BCUT2D eigenvalue weighted by molar-refractivity contribution is 0.136. The molecule has 1 heterocycles. The van der Waals surface area contributed by atoms with Crippen LogP contribution < -0.4 is 16.4 Å². The summed E-state index contributed by atoms with van der Waals surface area (Å²) in [5, 5.41) is 17.8. The molecule has 0 radical (unpaired) electrons. The quantitative estimate of drug-likeness (QED) is 0.187. The van der Waals surface area contributed by atoms with E-state index in [0.29, 0.717) is 18.9 Å². The third-order valence-corrected chi connectivity index (χ3v) is 7.43. The Morgan fingerprint density at radius 3 is 2.36 bits per heavy atom. The van der Waals surface area contributed by atoms with Crippen LogP contribution in [0.2, 0.25) is 0 Å². The van der Waals surface area contributed by atoms with Gasteiger partial charge in [-0.25, -0.2) is 9.97 Å². The molecule has 0 amide bonds. The van der Waals surface area contributed by atoms with Crippen LogP contribution in [0, 0.1) is 0 Å². The fraction of sp³-hybridized carbons (Fsp3) is 0.312. The summed E-state index contributed by atoms with van der Waals surface area (Å²) in [7, 11) is 0. The monoisotopic (exact) mass is 543 g/mol. The number of nitrogens with one attached hydrogen (secondary N) is 2. The molecule has 0 unspecified atom stereocenters. The number of nitrogens with two attached hydrogens (primary N) is 1. The van der Waals surface area contributed by atoms with Gasteiger partial charge in [-0.3, -0.25) is 0 Å². The fourth-order valence-electron chi connectivity index (χ4n) is 4.81. The lowest BCUT2D eigenvalue weighted by Crippen LogP contribution is -2.45. The summed E-state index contributed by atoms with van der Waals surface area (Å²) in [5.74, 6) is 1.23. The van der Waals surface area contributed by atoms with E-state index in [1.54, 1.807) is 6.33 Å². The normalized spacial score (nSPS) is 15.3. The molecular weight excluding hydrogens is 506 g/mol. The zero-order chi connectivity index (χ0) is 26.5. The zero-order valence-corrected chi connectivity index (χ0v) is 23.4. The molecule has 1 aliphatic carbocycles. The van der Waals surface area contributed by atoms with E-state index in [0.717, 1.165) is 41.2 Å². The maximum absolute atomic E-state index is 10.8. The number of halogens is 1. The second-order valence-electron chi connectivity index (χ2n) is 10.7. The van der Waals surface area contributed by atoms with Gasteiger partial charge in [-0.2, -0.15) is 0 Å². The molecule has 3 aromatic carbocycles. The molecule has 0 bridgehead atoms. The van der Waals surface area contributed by atoms with Gasteiger partial charge in [0.15, 0.2) is 0 Å². The molecule has 7 heteroatoms. The van der Waals surface area contributed by atoms with Crippen LogP contribution in [-0.4, -0.2) is 33.8 Å². The van der Waals surface area contributed by atoms with Crippen LogP contribution in [0.1, 0.15) is 49.3 Å². The number of benzene rings is 3. The van der Waals surface area contributed by atoms with Crippen LogP contribution in [0.25, 0.3) is 11.3 Å². The van der Waals surface area contributed by atoms with E-state index in [1.165, 1.54) is 11.1 Å². The second-order valence-corrected chi connectivity index (χ2v) is 10.7. The smallest absolute Gasteiger partial charge is 0.134 e. The highest BCUT2D eigenvalue weighted by molar-refractivity contribution is 5.85. The summed E-state index contributed by atoms with van der Waals surface area (Å²) < 4.78 is 0. The molecular formula is C32H38ClN5O. The fourth-order valence-corrected chi connectivity index (χ4v) is 4.81. The van der Waals surface area contributed by atoms with Gasteiger partial charge in [0.25, 0.3) is 0 Å². The molecule has 39 heavy (non-hydrogen) atoms. The van der Waals surface area contributed by atoms with Gasteiger partial charge in [0.2, 0.25) is 0 Å². The van der Waals surface area contributed by atoms with Crippen molar-refractivity contribution in [2.75, 3.05) is 11.9 Å². The van der Waals surface area contributed by atoms with E-state index < -0.39 is 6.10 Å². The van der Waals surface area contributed by atoms with Crippen molar-refractivity contribution >= 4 is 23.9 Å². The predicted molar refractivity (Wildman–Crippen MR) is 162 cm³/mol. The van der Waals surface area contributed by atoms with Crippen molar-refractivity contribution in [3.8, 4) is 11.3 Å². The highest BCUT2D eigenvalue weighted by Crippen LogP contribution is 2.46. The highest BCUT2D eigenvalue weighted by atomic mass is 35.5. The Kier molecular flexibility index (Phi) is 9.36. The highest BCUT2D eigenvalue weighted by Gasteiger charge is 2.44. The molecule has 6 nitrogen and oxygen atoms in total. The average Bonchev–Trinajstić information content (AvgIpc) is 3.75. The molecule has 1 aliphatic rings. The summed E-state index contributed by atoms with van der Waals surface area (Å²) >= 11 is 0. The van der Waals surface area contributed by atoms with Crippen LogP contribution in [0.5, 0.6) is 0 Å². The first-order valence-electron chi connectivity index (χ1n) is 13.4. The summed E-state index contributed by atoms with van der Waals surface area (Å²) in [5.41, 5.74) is 13.0. The SMILES string of the molecule is CC(C)c1cccc(C2(NC[C@@H](O)[C@@H](N)Cc3ccc(Nc4cc(-c5ccccc5)ncn4)cc3)CC2)c1.Cl. The minimum atomic E-state index is -0.629. The Hall–Kier alpha value is -3.29. The Morgan fingerprint density at radius 2 is 1.67 bits per heavy atom. The van der Waals surface area contributed by atoms with E-state index in [9.17, 15) is 5.11 Å². The maximum Gasteiger partial charge on any atom is 0.134 e. The van der Waals surface area contributed by atoms with Gasteiger partial charge in [-0.1, -0.05) is 80.6 Å². The number of aromatic nitrogens is 2. The number of rotatable bonds is 11. The van der Waals surface area contributed by atoms with Gasteiger partial charge in [-0.05, 0) is 54.0 Å². The summed E-state index contributed by atoms with van der Waals surface area (Å²) in [6.07, 6.45) is 3.72. The maximum atomic E-state index is 10.8. The van der Waals surface area contributed by atoms with Crippen molar-refractivity contribution in [1.82, 2.24) is 15.3 Å². The minimum absolute atomic E-state index is 0. The third kappa shape index (κ3) is 7.22. The van der Waals surface area contributed by atoms with E-state index in [4.69, 9.17) is 5.73 Å². The number of nitrogens with zero attached hydrogens (tertiary/aromatic N) is 2. The standard InChI is InChI=1S/C32H37N5O.ClH/c1-22(2)25-9-6-10-26(18-25)32(15-16-32)36-20-30(38)28(33)17-23-11-13-27(14-12-23)37-31-19-29(34-21-35-31)24-7-4-3-5-8-24;/h3-14,18-19,21-22,28,30,36,38H,15-17,20,33H2,1-2H3,(H,34,35,37);1H/t28-,30+;/m0./s1. The van der Waals surface area contributed by atoms with Crippen molar-refractivity contribution in [2.45, 2.75) is 56.7 Å². The van der Waals surface area contributed by atoms with Crippen molar-refractivity contribution < 1.29 is 5.11 Å². The lowest BCUT2D eigenvalue weighted by atomic mass is 9.96. The van der Waals surface area contributed by atoms with Gasteiger partial charge in [0.1, 0.15) is 12.1 Å². The van der Waals surface area contributed by atoms with Crippen molar-refractivity contribution in [3.63, 3.8) is 0 Å². The Morgan fingerprint density at radius 1 is 0.923 bits per heavy atom. The summed E-state index contributed by atoms with van der Waals surface area (Å²) in [4.78, 5) is 8.73. The number of aliphatic hydroxyl groups excluding tert-OH is 1. The first kappa shape index (κ1) is 28.7. The van der Waals surface area contributed by atoms with E-state index >= 15 is 0 Å². The Balaban J connectivity index is 0.00000353. The molecule has 4 aromatic rings. The average molecular weight is 544 g/mol. The number of hydrogen-bond acceptors (Lipinski definition) is 6. The molecule has 204 valence electrons. The predicted octanol–water partition coefficient (Wildman–Crippen LogP) is 5.94. The molecule has 0 aliphatic heterocycles. The van der Waals surface area contributed by atoms with Crippen molar-refractivity contribution in [2.24, 2.45) is 5.73 Å². The van der Waals surface area contributed by atoms with Gasteiger partial charge in [0, 0.05) is 35.4 Å². The van der Waals surface area contributed by atoms with Gasteiger partial charge >= 0.3 is 0 Å². The summed E-state index contributed by atoms with van der Waals surface area (Å²) in [6, 6.07) is 28.6. The molecule has 1 fully saturated rings. The number of aliphatic hydroxyl groups is 1. The molecule has 1 aromatic heterocycles. The van der Waals surface area contributed by atoms with Crippen LogP contribution in [0.4, 0.5) is 11.5 Å². The largest absolute Gasteiger partial charge is 0.390 e. The van der Waals surface area contributed by atoms with Gasteiger partial charge < -0.3 is 21.5 Å². The van der Waals surface area contributed by atoms with Crippen molar-refractivity contribution in [3.05, 3.63) is 108 Å². The lowest BCUT2D eigenvalue weighted by Gasteiger charge is -2.24. The van der Waals surface area contributed by atoms with Crippen LogP contribution in [0.15, 0.2) is 91.3 Å². The number of hydrogen-bond donors (Lipinski definition) is 4. The molecule has 5 rings (SSSR count). The van der Waals surface area contributed by atoms with Gasteiger partial charge in [-0.15, -0.1) is 12.4 Å². The van der Waals surface area contributed by atoms with E-state index in [2.05, 4.69) is 58.7 Å². The van der Waals surface area contributed by atoms with Gasteiger partial charge in [0.05, 0.1) is 11.8 Å². The Bertz CT molecular complexity index is 1340. The minimum Gasteiger partial charge on any atom is -0.390 e. The molecule has 1 saturated carbocycles. The van der Waals surface area contributed by atoms with E-state index in [-0.39, 0.29) is 24.0 Å². The first-order chi connectivity index (χ1) is 18.4. The van der Waals surface area contributed by atoms with Crippen LogP contribution in [-0.2, 0) is 12.0 Å². The second kappa shape index (κ2) is 12.7. The van der Waals surface area contributed by atoms with Crippen molar-refractivity contribution in [1.29, 1.82) is 0 Å². The number of anilines is 2. The molecule has 0 spiro atoms. The molecule has 2 atom stereocenters. The Labute approximate surface area is 237 Å². The zero-order valence-electron chi connectivity index (χ0n) is 22.5. The first-order valence-corrected chi connectivity index (χ1v) is 13.4. The van der Waals surface area contributed by atoms with Crippen LogP contribution >= 0.6 is 12.4 Å². The van der Waals surface area contributed by atoms with Crippen LogP contribution in [0.3, 0.4) is 0 Å². The topological polar surface area (TPSA) is 96.1 Å². The molecule has 0 saturated heterocycles. The third-order valence-electron chi connectivity index (χ3n) is 7.43. The van der Waals surface area contributed by atoms with E-state index in [1.807, 2.05) is 60.7 Å². The molecule has 5 N–H and O–H groups in total. The summed E-state index contributed by atoms with van der Waals surface area (Å²) in [6.45, 7) is 4.91.